The first kappa shape index (κ1) is 17.0. The van der Waals surface area contributed by atoms with Gasteiger partial charge in [0, 0.05) is 42.5 Å². The maximum atomic E-state index is 12.2. The summed E-state index contributed by atoms with van der Waals surface area (Å²) in [5.74, 6) is 3.59. The van der Waals surface area contributed by atoms with Gasteiger partial charge in [-0.15, -0.1) is 0 Å². The maximum Gasteiger partial charge on any atom is 0.225 e. The quantitative estimate of drug-likeness (QED) is 0.862. The minimum atomic E-state index is 0.329. The Morgan fingerprint density at radius 1 is 1.15 bits per heavy atom. The van der Waals surface area contributed by atoms with Gasteiger partial charge in [0.2, 0.25) is 5.91 Å². The average Bonchev–Trinajstić information content (AvgIpc) is 3.38. The molecule has 0 bridgehead atoms. The number of H-pyrrole nitrogens is 1. The highest BCUT2D eigenvalue weighted by atomic mass is 16.2. The van der Waals surface area contributed by atoms with E-state index in [4.69, 9.17) is 0 Å². The lowest BCUT2D eigenvalue weighted by atomic mass is 9.92. The first-order valence-electron chi connectivity index (χ1n) is 9.49. The van der Waals surface area contributed by atoms with Crippen molar-refractivity contribution in [2.24, 2.45) is 11.8 Å². The zero-order chi connectivity index (χ0) is 18.1. The molecular weight excluding hydrogens is 328 g/mol. The van der Waals surface area contributed by atoms with Crippen molar-refractivity contribution in [1.82, 2.24) is 25.1 Å². The van der Waals surface area contributed by atoms with Crippen LogP contribution < -0.4 is 5.32 Å². The third kappa shape index (κ3) is 4.03. The van der Waals surface area contributed by atoms with E-state index in [9.17, 15) is 4.79 Å². The molecule has 0 unspecified atom stereocenters. The van der Waals surface area contributed by atoms with Crippen molar-refractivity contribution in [3.05, 3.63) is 29.3 Å². The summed E-state index contributed by atoms with van der Waals surface area (Å²) in [4.78, 5) is 23.3. The van der Waals surface area contributed by atoms with Crippen molar-refractivity contribution in [2.75, 3.05) is 18.4 Å². The van der Waals surface area contributed by atoms with Crippen LogP contribution in [0.25, 0.3) is 0 Å². The van der Waals surface area contributed by atoms with Gasteiger partial charge in [0.1, 0.15) is 11.6 Å². The van der Waals surface area contributed by atoms with Crippen molar-refractivity contribution >= 4 is 17.5 Å². The number of nitrogens with one attached hydrogen (secondary N) is 2. The number of rotatable bonds is 5. The minimum Gasteiger partial charge on any atom is -0.342 e. The number of carbonyl (C=O) groups excluding carboxylic acids is 1. The lowest BCUT2D eigenvalue weighted by Crippen LogP contribution is -2.39. The molecular formula is C19H26N6O. The molecule has 3 heterocycles. The van der Waals surface area contributed by atoms with Gasteiger partial charge in [0.15, 0.2) is 5.82 Å². The van der Waals surface area contributed by atoms with Gasteiger partial charge >= 0.3 is 0 Å². The lowest BCUT2D eigenvalue weighted by molar-refractivity contribution is -0.133. The molecule has 7 nitrogen and oxygen atoms in total. The van der Waals surface area contributed by atoms with E-state index >= 15 is 0 Å². The Kier molecular flexibility index (Phi) is 4.61. The molecule has 138 valence electrons. The number of hydrogen-bond donors (Lipinski definition) is 2. The van der Waals surface area contributed by atoms with Crippen molar-refractivity contribution in [3.63, 3.8) is 0 Å². The van der Waals surface area contributed by atoms with Crippen molar-refractivity contribution < 1.29 is 4.79 Å². The molecule has 4 rings (SSSR count). The number of piperidine rings is 1. The molecule has 0 aromatic carbocycles. The SMILES string of the molecule is Cc1nc(CC2CCN(C(=O)C3CC3)CC2)cc(Nc2cc(C)[nH]n2)n1. The van der Waals surface area contributed by atoms with Gasteiger partial charge in [-0.1, -0.05) is 0 Å². The van der Waals surface area contributed by atoms with Crippen LogP contribution in [0.1, 0.15) is 42.9 Å². The van der Waals surface area contributed by atoms with Gasteiger partial charge in [-0.05, 0) is 51.9 Å². The molecule has 1 aliphatic carbocycles. The Bertz CT molecular complexity index is 789. The van der Waals surface area contributed by atoms with E-state index in [2.05, 4.69) is 30.4 Å². The van der Waals surface area contributed by atoms with E-state index in [1.165, 1.54) is 0 Å². The highest BCUT2D eigenvalue weighted by molar-refractivity contribution is 5.81. The second kappa shape index (κ2) is 7.05. The summed E-state index contributed by atoms with van der Waals surface area (Å²) in [5, 5.41) is 10.4. The summed E-state index contributed by atoms with van der Waals surface area (Å²) < 4.78 is 0. The Hall–Kier alpha value is -2.44. The number of amides is 1. The second-order valence-corrected chi connectivity index (χ2v) is 7.60. The normalized spacial score (nSPS) is 18.2. The fourth-order valence-corrected chi connectivity index (χ4v) is 3.65. The summed E-state index contributed by atoms with van der Waals surface area (Å²) in [6.45, 7) is 5.67. The minimum absolute atomic E-state index is 0.329. The molecule has 7 heteroatoms. The topological polar surface area (TPSA) is 86.8 Å². The number of aromatic amines is 1. The Labute approximate surface area is 153 Å². The van der Waals surface area contributed by atoms with Crippen molar-refractivity contribution in [2.45, 2.75) is 46.0 Å². The highest BCUT2D eigenvalue weighted by Crippen LogP contribution is 2.33. The first-order valence-corrected chi connectivity index (χ1v) is 9.49. The maximum absolute atomic E-state index is 12.2. The Morgan fingerprint density at radius 3 is 2.58 bits per heavy atom. The van der Waals surface area contributed by atoms with Crippen LogP contribution in [0.15, 0.2) is 12.1 Å². The predicted molar refractivity (Wildman–Crippen MR) is 99.1 cm³/mol. The van der Waals surface area contributed by atoms with Gasteiger partial charge in [-0.3, -0.25) is 9.89 Å². The number of hydrogen-bond acceptors (Lipinski definition) is 5. The van der Waals surface area contributed by atoms with E-state index in [1.54, 1.807) is 0 Å². The summed E-state index contributed by atoms with van der Waals surface area (Å²) in [7, 11) is 0. The van der Waals surface area contributed by atoms with Crippen LogP contribution in [0.3, 0.4) is 0 Å². The molecule has 2 aromatic heterocycles. The molecule has 1 saturated heterocycles. The molecule has 0 atom stereocenters. The Balaban J connectivity index is 1.36. The van der Waals surface area contributed by atoms with Gasteiger partial charge < -0.3 is 10.2 Å². The van der Waals surface area contributed by atoms with E-state index in [-0.39, 0.29) is 0 Å². The molecule has 2 aliphatic rings. The fraction of sp³-hybridized carbons (Fsp3) is 0.579. The molecule has 1 saturated carbocycles. The highest BCUT2D eigenvalue weighted by Gasteiger charge is 2.34. The van der Waals surface area contributed by atoms with Crippen molar-refractivity contribution in [1.29, 1.82) is 0 Å². The van der Waals surface area contributed by atoms with Crippen LogP contribution in [0.4, 0.5) is 11.6 Å². The van der Waals surface area contributed by atoms with Crippen LogP contribution in [-0.2, 0) is 11.2 Å². The fourth-order valence-electron chi connectivity index (χ4n) is 3.65. The molecule has 0 radical (unpaired) electrons. The summed E-state index contributed by atoms with van der Waals surface area (Å²) in [6.07, 6.45) is 5.23. The molecule has 1 amide bonds. The largest absolute Gasteiger partial charge is 0.342 e. The number of nitrogens with zero attached hydrogens (tertiary/aromatic N) is 4. The molecule has 26 heavy (non-hydrogen) atoms. The van der Waals surface area contributed by atoms with Crippen LogP contribution in [-0.4, -0.2) is 44.1 Å². The molecule has 1 aliphatic heterocycles. The zero-order valence-electron chi connectivity index (χ0n) is 15.5. The van der Waals surface area contributed by atoms with E-state index in [1.807, 2.05) is 26.0 Å². The average molecular weight is 354 g/mol. The van der Waals surface area contributed by atoms with Gasteiger partial charge in [-0.2, -0.15) is 5.10 Å². The standard InChI is InChI=1S/C19H26N6O/c1-12-9-18(24-23-12)22-17-11-16(20-13(2)21-17)10-14-5-7-25(8-6-14)19(26)15-3-4-15/h9,11,14-15H,3-8,10H2,1-2H3,(H2,20,21,22,23,24). The van der Waals surface area contributed by atoms with E-state index in [0.29, 0.717) is 17.7 Å². The monoisotopic (exact) mass is 354 g/mol. The predicted octanol–water partition coefficient (Wildman–Crippen LogP) is 2.75. The van der Waals surface area contributed by atoms with Crippen LogP contribution >= 0.6 is 0 Å². The third-order valence-corrected chi connectivity index (χ3v) is 5.20. The van der Waals surface area contributed by atoms with E-state index < -0.39 is 0 Å². The number of anilines is 2. The zero-order valence-corrected chi connectivity index (χ0v) is 15.5. The molecule has 2 fully saturated rings. The number of aryl methyl sites for hydroxylation is 2. The third-order valence-electron chi connectivity index (χ3n) is 5.20. The molecule has 2 aromatic rings. The van der Waals surface area contributed by atoms with Crippen molar-refractivity contribution in [3.8, 4) is 0 Å². The van der Waals surface area contributed by atoms with E-state index in [0.717, 1.165) is 74.0 Å². The van der Waals surface area contributed by atoms with Crippen LogP contribution in [0.5, 0.6) is 0 Å². The van der Waals surface area contributed by atoms with Gasteiger partial charge in [0.25, 0.3) is 0 Å². The summed E-state index contributed by atoms with van der Waals surface area (Å²) >= 11 is 0. The van der Waals surface area contributed by atoms with Gasteiger partial charge in [-0.25, -0.2) is 9.97 Å². The number of aromatic nitrogens is 4. The lowest BCUT2D eigenvalue weighted by Gasteiger charge is -2.32. The molecule has 0 spiro atoms. The number of carbonyl (C=O) groups is 1. The Morgan fingerprint density at radius 2 is 1.92 bits per heavy atom. The van der Waals surface area contributed by atoms with Crippen LogP contribution in [0.2, 0.25) is 0 Å². The van der Waals surface area contributed by atoms with Crippen LogP contribution in [0, 0.1) is 25.7 Å². The number of likely N-dealkylation sites (tertiary alicyclic amines) is 1. The summed E-state index contributed by atoms with van der Waals surface area (Å²) in [6, 6.07) is 3.96. The smallest absolute Gasteiger partial charge is 0.225 e. The second-order valence-electron chi connectivity index (χ2n) is 7.60. The first-order chi connectivity index (χ1) is 12.6. The summed E-state index contributed by atoms with van der Waals surface area (Å²) in [5.41, 5.74) is 2.06. The van der Waals surface area contributed by atoms with Gasteiger partial charge in [0.05, 0.1) is 0 Å². The molecule has 2 N–H and O–H groups in total.